The van der Waals surface area contributed by atoms with E-state index in [1.807, 2.05) is 6.92 Å². The van der Waals surface area contributed by atoms with Gasteiger partial charge in [0.15, 0.2) is 0 Å². The van der Waals surface area contributed by atoms with E-state index in [2.05, 4.69) is 4.98 Å². The van der Waals surface area contributed by atoms with Gasteiger partial charge in [-0.3, -0.25) is 0 Å². The van der Waals surface area contributed by atoms with Crippen LogP contribution < -0.4 is 4.74 Å². The molecule has 0 amide bonds. The average molecular weight is 207 g/mol. The van der Waals surface area contributed by atoms with Gasteiger partial charge in [-0.25, -0.2) is 9.78 Å². The molecule has 0 bridgehead atoms. The fraction of sp³-hybridized carbons (Fsp3) is 0.250. The van der Waals surface area contributed by atoms with Gasteiger partial charge >= 0.3 is 5.97 Å². The van der Waals surface area contributed by atoms with Gasteiger partial charge in [0.05, 0.1) is 12.2 Å². The first kappa shape index (κ1) is 12.7. The van der Waals surface area contributed by atoms with Crippen molar-refractivity contribution in [2.24, 2.45) is 0 Å². The normalized spacial score (nSPS) is 8.69. The van der Waals surface area contributed by atoms with Gasteiger partial charge in [-0.05, 0) is 13.0 Å². The number of aromatic carboxylic acids is 1. The summed E-state index contributed by atoms with van der Waals surface area (Å²) in [5.74, 6) is -0.629. The third kappa shape index (κ3) is 3.93. The summed E-state index contributed by atoms with van der Waals surface area (Å²) in [7, 11) is 0. The van der Waals surface area contributed by atoms with Crippen molar-refractivity contribution in [1.82, 2.24) is 4.98 Å². The van der Waals surface area contributed by atoms with Gasteiger partial charge in [0.25, 0.3) is 0 Å². The minimum absolute atomic E-state index is 0. The number of ether oxygens (including phenoxy) is 1. The Balaban J connectivity index is 0.00000144. The van der Waals surface area contributed by atoms with E-state index in [9.17, 15) is 4.79 Å². The summed E-state index contributed by atoms with van der Waals surface area (Å²) in [5, 5.41) is 8.59. The molecule has 0 aliphatic heterocycles. The Morgan fingerprint density at radius 3 is 2.92 bits per heavy atom. The predicted molar refractivity (Wildman–Crippen MR) is 42.4 cm³/mol. The molecule has 0 radical (unpaired) electrons. The van der Waals surface area contributed by atoms with Gasteiger partial charge in [0.2, 0.25) is 5.88 Å². The fourth-order valence-corrected chi connectivity index (χ4v) is 0.769. The van der Waals surface area contributed by atoms with Gasteiger partial charge in [-0.15, -0.1) is 0 Å². The van der Waals surface area contributed by atoms with Crippen LogP contribution in [0.15, 0.2) is 18.3 Å². The molecule has 1 rings (SSSR count). The average Bonchev–Trinajstić information content (AvgIpc) is 2.05. The molecule has 4 nitrogen and oxygen atoms in total. The summed E-state index contributed by atoms with van der Waals surface area (Å²) in [5.41, 5.74) is 0.188. The molecular weight excluding hydrogens is 198 g/mol. The smallest absolute Gasteiger partial charge is 0.335 e. The third-order valence-corrected chi connectivity index (χ3v) is 1.27. The Morgan fingerprint density at radius 1 is 1.69 bits per heavy atom. The molecule has 0 saturated heterocycles. The van der Waals surface area contributed by atoms with Crippen LogP contribution in [0.4, 0.5) is 0 Å². The maximum Gasteiger partial charge on any atom is 0.335 e. The number of hydrogen-bond acceptors (Lipinski definition) is 3. The summed E-state index contributed by atoms with van der Waals surface area (Å²) < 4.78 is 5.02. The minimum Gasteiger partial charge on any atom is -0.478 e. The second-order valence-electron chi connectivity index (χ2n) is 2.12. The van der Waals surface area contributed by atoms with E-state index < -0.39 is 5.97 Å². The van der Waals surface area contributed by atoms with Crippen LogP contribution in [-0.4, -0.2) is 22.7 Å². The number of pyridine rings is 1. The van der Waals surface area contributed by atoms with Gasteiger partial charge in [0.1, 0.15) is 0 Å². The third-order valence-electron chi connectivity index (χ3n) is 1.27. The van der Waals surface area contributed by atoms with Crippen LogP contribution in [0, 0.1) is 37.7 Å². The van der Waals surface area contributed by atoms with Crippen molar-refractivity contribution < 1.29 is 52.4 Å². The molecule has 0 saturated carbocycles. The number of rotatable bonds is 3. The van der Waals surface area contributed by atoms with Gasteiger partial charge < -0.3 is 9.84 Å². The largest absolute Gasteiger partial charge is 0.478 e. The Morgan fingerprint density at radius 2 is 2.38 bits per heavy atom. The number of carboxylic acids is 1. The van der Waals surface area contributed by atoms with Crippen molar-refractivity contribution in [2.75, 3.05) is 6.61 Å². The van der Waals surface area contributed by atoms with E-state index in [0.29, 0.717) is 12.5 Å². The molecule has 72 valence electrons. The Bertz CT molecular complexity index is 290. The van der Waals surface area contributed by atoms with Crippen LogP contribution in [0.5, 0.6) is 5.88 Å². The summed E-state index contributed by atoms with van der Waals surface area (Å²) in [4.78, 5) is 14.3. The van der Waals surface area contributed by atoms with E-state index in [0.717, 1.165) is 0 Å². The molecule has 0 unspecified atom stereocenters. The molecule has 1 aromatic heterocycles. The molecule has 0 spiro atoms. The first-order chi connectivity index (χ1) is 5.74. The van der Waals surface area contributed by atoms with Crippen LogP contribution in [0.3, 0.4) is 0 Å². The van der Waals surface area contributed by atoms with Crippen LogP contribution in [0.25, 0.3) is 0 Å². The van der Waals surface area contributed by atoms with Crippen molar-refractivity contribution >= 4 is 5.97 Å². The molecule has 1 heterocycles. The van der Waals surface area contributed by atoms with E-state index in [4.69, 9.17) is 9.84 Å². The zero-order chi connectivity index (χ0) is 8.97. The summed E-state index contributed by atoms with van der Waals surface area (Å²) >= 11 is 0. The Kier molecular flexibility index (Phi) is 6.03. The van der Waals surface area contributed by atoms with Crippen molar-refractivity contribution in [3.05, 3.63) is 23.9 Å². The van der Waals surface area contributed by atoms with Crippen LogP contribution in [0.2, 0.25) is 0 Å². The SMILES string of the molecule is CCOc1cc(C(=O)O)ccn1.[Ar]. The molecular formula is C8H9ArNO3. The van der Waals surface area contributed by atoms with Gasteiger partial charge in [0, 0.05) is 50.0 Å². The summed E-state index contributed by atoms with van der Waals surface area (Å²) in [6.45, 7) is 2.30. The quantitative estimate of drug-likeness (QED) is 0.808. The standard InChI is InChI=1S/C8H9NO3.Ar/c1-2-12-7-5-6(8(10)11)3-4-9-7;/h3-5H,2H2,1H3,(H,10,11);. The number of hydrogen-bond donors (Lipinski definition) is 1. The van der Waals surface area contributed by atoms with Crippen LogP contribution in [-0.2, 0) is 0 Å². The zero-order valence-corrected chi connectivity index (χ0v) is 7.71. The monoisotopic (exact) mass is 207 g/mol. The number of aromatic nitrogens is 1. The second-order valence-corrected chi connectivity index (χ2v) is 2.12. The van der Waals surface area contributed by atoms with E-state index >= 15 is 0 Å². The molecule has 0 atom stereocenters. The fourth-order valence-electron chi connectivity index (χ4n) is 0.769. The van der Waals surface area contributed by atoms with Crippen LogP contribution >= 0.6 is 0 Å². The molecule has 1 N–H and O–H groups in total. The van der Waals surface area contributed by atoms with E-state index in [1.165, 1.54) is 18.3 Å². The number of carboxylic acid groups (broad SMARTS) is 1. The predicted octanol–water partition coefficient (Wildman–Crippen LogP) is 1.18. The molecule has 5 heteroatoms. The molecule has 13 heavy (non-hydrogen) atoms. The first-order valence-electron chi connectivity index (χ1n) is 3.56. The first-order valence-corrected chi connectivity index (χ1v) is 3.56. The molecule has 1 aromatic rings. The Labute approximate surface area is 106 Å². The van der Waals surface area contributed by atoms with Crippen molar-refractivity contribution in [3.8, 4) is 5.88 Å². The maximum atomic E-state index is 10.5. The van der Waals surface area contributed by atoms with Gasteiger partial charge in [-0.1, -0.05) is 0 Å². The molecule has 0 aliphatic rings. The molecule has 0 aliphatic carbocycles. The van der Waals surface area contributed by atoms with Crippen molar-refractivity contribution in [2.45, 2.75) is 6.92 Å². The second kappa shape index (κ2) is 6.18. The number of carbonyl (C=O) groups is 1. The van der Waals surface area contributed by atoms with E-state index in [-0.39, 0.29) is 43.3 Å². The topological polar surface area (TPSA) is 59.4 Å². The zero-order valence-electron chi connectivity index (χ0n) is 7.00. The minimum atomic E-state index is -0.974. The molecule has 0 fully saturated rings. The van der Waals surface area contributed by atoms with Crippen LogP contribution in [0.1, 0.15) is 17.3 Å². The van der Waals surface area contributed by atoms with E-state index in [1.54, 1.807) is 0 Å². The van der Waals surface area contributed by atoms with Crippen molar-refractivity contribution in [1.29, 1.82) is 0 Å². The Hall–Kier alpha value is -0.320. The van der Waals surface area contributed by atoms with Crippen molar-refractivity contribution in [3.63, 3.8) is 0 Å². The summed E-state index contributed by atoms with van der Waals surface area (Å²) in [6.07, 6.45) is 1.41. The van der Waals surface area contributed by atoms with Gasteiger partial charge in [-0.2, -0.15) is 0 Å². The summed E-state index contributed by atoms with van der Waals surface area (Å²) in [6, 6.07) is 2.82. The maximum absolute atomic E-state index is 10.5. The molecule has 0 aromatic carbocycles. The number of nitrogens with zero attached hydrogens (tertiary/aromatic N) is 1.